The summed E-state index contributed by atoms with van der Waals surface area (Å²) in [5.74, 6) is -0.814. The van der Waals surface area contributed by atoms with Crippen molar-refractivity contribution in [3.8, 4) is 0 Å². The van der Waals surface area contributed by atoms with Crippen molar-refractivity contribution in [3.05, 3.63) is 0 Å². The Kier molecular flexibility index (Phi) is 4.50. The van der Waals surface area contributed by atoms with Gasteiger partial charge in [-0.25, -0.2) is 0 Å². The molecule has 5 heteroatoms. The quantitative estimate of drug-likeness (QED) is 0.680. The van der Waals surface area contributed by atoms with Gasteiger partial charge in [-0.05, 0) is 19.9 Å². The van der Waals surface area contributed by atoms with Gasteiger partial charge in [0.2, 0.25) is 0 Å². The third-order valence-electron chi connectivity index (χ3n) is 2.92. The lowest BCUT2D eigenvalue weighted by molar-refractivity contribution is -0.154. The number of rotatable bonds is 4. The van der Waals surface area contributed by atoms with E-state index in [9.17, 15) is 9.90 Å². The van der Waals surface area contributed by atoms with Crippen LogP contribution in [0, 0.1) is 0 Å². The van der Waals surface area contributed by atoms with Crippen molar-refractivity contribution in [1.82, 2.24) is 10.2 Å². The fraction of sp³-hybridized carbons (Fsp3) is 0.900. The first-order valence-corrected chi connectivity index (χ1v) is 5.29. The summed E-state index contributed by atoms with van der Waals surface area (Å²) in [6.45, 7) is 5.31. The van der Waals surface area contributed by atoms with Gasteiger partial charge in [0.05, 0.1) is 6.61 Å². The number of nitrogens with one attached hydrogen (secondary N) is 1. The van der Waals surface area contributed by atoms with Crippen LogP contribution in [-0.4, -0.2) is 61.4 Å². The standard InChI is InChI=1S/C10H20N2O3/c1-10(8-15-2,9(13)14)12-6-3-4-11-5-7-12/h11H,3-8H2,1-2H3,(H,13,14). The van der Waals surface area contributed by atoms with Gasteiger partial charge in [0.25, 0.3) is 0 Å². The first-order valence-electron chi connectivity index (χ1n) is 5.29. The van der Waals surface area contributed by atoms with E-state index in [0.717, 1.165) is 32.6 Å². The van der Waals surface area contributed by atoms with Gasteiger partial charge >= 0.3 is 5.97 Å². The molecule has 1 saturated heterocycles. The predicted molar refractivity (Wildman–Crippen MR) is 57.0 cm³/mol. The Bertz CT molecular complexity index is 215. The second-order valence-corrected chi connectivity index (χ2v) is 4.10. The maximum absolute atomic E-state index is 11.3. The minimum Gasteiger partial charge on any atom is -0.480 e. The van der Waals surface area contributed by atoms with Crippen molar-refractivity contribution in [1.29, 1.82) is 0 Å². The van der Waals surface area contributed by atoms with E-state index in [1.807, 2.05) is 4.90 Å². The number of hydrogen-bond acceptors (Lipinski definition) is 4. The lowest BCUT2D eigenvalue weighted by Crippen LogP contribution is -2.56. The molecule has 1 heterocycles. The van der Waals surface area contributed by atoms with E-state index in [0.29, 0.717) is 0 Å². The molecule has 15 heavy (non-hydrogen) atoms. The van der Waals surface area contributed by atoms with Crippen molar-refractivity contribution in [2.75, 3.05) is 39.9 Å². The van der Waals surface area contributed by atoms with Crippen LogP contribution in [-0.2, 0) is 9.53 Å². The lowest BCUT2D eigenvalue weighted by Gasteiger charge is -2.36. The van der Waals surface area contributed by atoms with E-state index in [1.54, 1.807) is 6.92 Å². The summed E-state index contributed by atoms with van der Waals surface area (Å²) < 4.78 is 5.02. The van der Waals surface area contributed by atoms with Gasteiger partial charge in [-0.1, -0.05) is 0 Å². The van der Waals surface area contributed by atoms with Gasteiger partial charge in [0.1, 0.15) is 5.54 Å². The molecule has 1 atom stereocenters. The van der Waals surface area contributed by atoms with E-state index in [4.69, 9.17) is 4.74 Å². The zero-order valence-corrected chi connectivity index (χ0v) is 9.45. The van der Waals surface area contributed by atoms with Gasteiger partial charge in [-0.15, -0.1) is 0 Å². The van der Waals surface area contributed by atoms with E-state index < -0.39 is 11.5 Å². The number of aliphatic carboxylic acids is 1. The Morgan fingerprint density at radius 2 is 2.27 bits per heavy atom. The van der Waals surface area contributed by atoms with Gasteiger partial charge in [0.15, 0.2) is 0 Å². The monoisotopic (exact) mass is 216 g/mol. The number of ether oxygens (including phenoxy) is 1. The highest BCUT2D eigenvalue weighted by atomic mass is 16.5. The first-order chi connectivity index (χ1) is 7.11. The number of carbonyl (C=O) groups is 1. The van der Waals surface area contributed by atoms with Crippen LogP contribution in [0.3, 0.4) is 0 Å². The minimum atomic E-state index is -0.902. The van der Waals surface area contributed by atoms with Crippen LogP contribution < -0.4 is 5.32 Å². The van der Waals surface area contributed by atoms with Crippen molar-refractivity contribution in [2.45, 2.75) is 18.9 Å². The average Bonchev–Trinajstić information content (AvgIpc) is 2.45. The van der Waals surface area contributed by atoms with Gasteiger partial charge < -0.3 is 15.2 Å². The van der Waals surface area contributed by atoms with Crippen LogP contribution in [0.4, 0.5) is 0 Å². The molecule has 0 saturated carbocycles. The lowest BCUT2D eigenvalue weighted by atomic mass is 10.0. The summed E-state index contributed by atoms with van der Waals surface area (Å²) in [5.41, 5.74) is -0.902. The summed E-state index contributed by atoms with van der Waals surface area (Å²) in [6.07, 6.45) is 0.979. The Labute approximate surface area is 90.4 Å². The Hall–Kier alpha value is -0.650. The van der Waals surface area contributed by atoms with E-state index in [-0.39, 0.29) is 6.61 Å². The molecule has 0 aromatic heterocycles. The average molecular weight is 216 g/mol. The molecule has 1 aliphatic heterocycles. The highest BCUT2D eigenvalue weighted by Crippen LogP contribution is 2.17. The number of carboxylic acids is 1. The highest BCUT2D eigenvalue weighted by molar-refractivity contribution is 5.78. The fourth-order valence-corrected chi connectivity index (χ4v) is 1.91. The van der Waals surface area contributed by atoms with E-state index in [2.05, 4.69) is 5.32 Å². The largest absolute Gasteiger partial charge is 0.480 e. The number of methoxy groups -OCH3 is 1. The SMILES string of the molecule is COCC(C)(C(=O)O)N1CCCNCC1. The van der Waals surface area contributed by atoms with Crippen molar-refractivity contribution in [2.24, 2.45) is 0 Å². The molecule has 1 aliphatic rings. The third-order valence-corrected chi connectivity index (χ3v) is 2.92. The number of hydrogen-bond donors (Lipinski definition) is 2. The molecule has 0 bridgehead atoms. The Balaban J connectivity index is 2.72. The number of carboxylic acid groups (broad SMARTS) is 1. The van der Waals surface area contributed by atoms with Crippen LogP contribution >= 0.6 is 0 Å². The molecular weight excluding hydrogens is 196 g/mol. The molecule has 5 nitrogen and oxygen atoms in total. The molecule has 0 radical (unpaired) electrons. The Morgan fingerprint density at radius 1 is 1.53 bits per heavy atom. The highest BCUT2D eigenvalue weighted by Gasteiger charge is 2.39. The molecule has 88 valence electrons. The molecule has 0 aliphatic carbocycles. The second kappa shape index (κ2) is 5.44. The molecule has 1 fully saturated rings. The molecule has 2 N–H and O–H groups in total. The molecular formula is C10H20N2O3. The molecule has 0 spiro atoms. The van der Waals surface area contributed by atoms with Crippen LogP contribution in [0.5, 0.6) is 0 Å². The molecule has 1 rings (SSSR count). The van der Waals surface area contributed by atoms with Gasteiger partial charge in [-0.3, -0.25) is 9.69 Å². The second-order valence-electron chi connectivity index (χ2n) is 4.10. The summed E-state index contributed by atoms with van der Waals surface area (Å²) in [7, 11) is 1.54. The molecule has 0 aromatic rings. The van der Waals surface area contributed by atoms with Crippen molar-refractivity contribution >= 4 is 5.97 Å². The van der Waals surface area contributed by atoms with Gasteiger partial charge in [-0.2, -0.15) is 0 Å². The number of nitrogens with zero attached hydrogens (tertiary/aromatic N) is 1. The molecule has 1 unspecified atom stereocenters. The van der Waals surface area contributed by atoms with Crippen LogP contribution in [0.1, 0.15) is 13.3 Å². The predicted octanol–water partition coefficient (Wildman–Crippen LogP) is -0.229. The van der Waals surface area contributed by atoms with E-state index in [1.165, 1.54) is 7.11 Å². The maximum atomic E-state index is 11.3. The van der Waals surface area contributed by atoms with Crippen LogP contribution in [0.2, 0.25) is 0 Å². The summed E-state index contributed by atoms with van der Waals surface area (Å²) >= 11 is 0. The summed E-state index contributed by atoms with van der Waals surface area (Å²) in [4.78, 5) is 13.3. The Morgan fingerprint density at radius 3 is 2.87 bits per heavy atom. The van der Waals surface area contributed by atoms with Crippen LogP contribution in [0.25, 0.3) is 0 Å². The zero-order chi connectivity index (χ0) is 11.3. The van der Waals surface area contributed by atoms with Crippen molar-refractivity contribution < 1.29 is 14.6 Å². The molecule has 0 aromatic carbocycles. The van der Waals surface area contributed by atoms with E-state index >= 15 is 0 Å². The first kappa shape index (κ1) is 12.4. The normalized spacial score (nSPS) is 23.1. The van der Waals surface area contributed by atoms with Crippen molar-refractivity contribution in [3.63, 3.8) is 0 Å². The summed E-state index contributed by atoms with van der Waals surface area (Å²) in [5, 5.41) is 12.5. The maximum Gasteiger partial charge on any atom is 0.326 e. The van der Waals surface area contributed by atoms with Crippen LogP contribution in [0.15, 0.2) is 0 Å². The molecule has 0 amide bonds. The minimum absolute atomic E-state index is 0.225. The fourth-order valence-electron chi connectivity index (χ4n) is 1.91. The zero-order valence-electron chi connectivity index (χ0n) is 9.45. The van der Waals surface area contributed by atoms with Gasteiger partial charge in [0, 0.05) is 26.7 Å². The topological polar surface area (TPSA) is 61.8 Å². The summed E-state index contributed by atoms with van der Waals surface area (Å²) in [6, 6.07) is 0. The third kappa shape index (κ3) is 2.90. The smallest absolute Gasteiger partial charge is 0.326 e.